The summed E-state index contributed by atoms with van der Waals surface area (Å²) in [5.74, 6) is 0.474. The van der Waals surface area contributed by atoms with Crippen molar-refractivity contribution in [1.82, 2.24) is 19.8 Å². The number of morpholine rings is 1. The molecule has 1 fully saturated rings. The van der Waals surface area contributed by atoms with Gasteiger partial charge in [-0.15, -0.1) is 0 Å². The van der Waals surface area contributed by atoms with E-state index in [1.165, 1.54) is 12.1 Å². The van der Waals surface area contributed by atoms with E-state index in [4.69, 9.17) is 4.74 Å². The first-order chi connectivity index (χ1) is 12.1. The van der Waals surface area contributed by atoms with Crippen molar-refractivity contribution in [3.63, 3.8) is 0 Å². The van der Waals surface area contributed by atoms with Gasteiger partial charge in [0.15, 0.2) is 5.16 Å². The number of halogens is 1. The Morgan fingerprint density at radius 2 is 2.24 bits per heavy atom. The number of hydrogen-bond donors (Lipinski definition) is 1. The van der Waals surface area contributed by atoms with Gasteiger partial charge < -0.3 is 19.5 Å². The lowest BCUT2D eigenvalue weighted by Crippen LogP contribution is -2.47. The van der Waals surface area contributed by atoms with Crippen LogP contribution >= 0.6 is 11.8 Å². The zero-order valence-electron chi connectivity index (χ0n) is 14.0. The first kappa shape index (κ1) is 17.8. The normalized spacial score (nSPS) is 17.5. The first-order valence-electron chi connectivity index (χ1n) is 8.13. The van der Waals surface area contributed by atoms with Gasteiger partial charge in [0.25, 0.3) is 0 Å². The minimum absolute atomic E-state index is 0.101. The second kappa shape index (κ2) is 8.35. The molecule has 1 aromatic carbocycles. The van der Waals surface area contributed by atoms with Gasteiger partial charge in [0.2, 0.25) is 0 Å². The van der Waals surface area contributed by atoms with Crippen molar-refractivity contribution in [3.8, 4) is 0 Å². The van der Waals surface area contributed by atoms with Crippen molar-refractivity contribution in [2.75, 3.05) is 32.0 Å². The predicted molar refractivity (Wildman–Crippen MR) is 94.0 cm³/mol. The van der Waals surface area contributed by atoms with E-state index in [2.05, 4.69) is 10.3 Å². The van der Waals surface area contributed by atoms with Crippen LogP contribution < -0.4 is 5.32 Å². The van der Waals surface area contributed by atoms with Crippen LogP contribution in [0.4, 0.5) is 9.18 Å². The summed E-state index contributed by atoms with van der Waals surface area (Å²) < 4.78 is 20.7. The molecule has 2 aromatic rings. The monoisotopic (exact) mass is 364 g/mol. The summed E-state index contributed by atoms with van der Waals surface area (Å²) >= 11 is 1.60. The fourth-order valence-electron chi connectivity index (χ4n) is 2.62. The van der Waals surface area contributed by atoms with E-state index in [1.807, 2.05) is 17.8 Å². The average Bonchev–Trinajstić information content (AvgIpc) is 3.04. The number of imidazole rings is 1. The number of ether oxygens (including phenoxy) is 1. The molecule has 0 radical (unpaired) electrons. The van der Waals surface area contributed by atoms with E-state index in [1.54, 1.807) is 35.0 Å². The maximum Gasteiger partial charge on any atom is 0.317 e. The van der Waals surface area contributed by atoms with E-state index >= 15 is 0 Å². The van der Waals surface area contributed by atoms with E-state index in [-0.39, 0.29) is 18.0 Å². The average molecular weight is 364 g/mol. The predicted octanol–water partition coefficient (Wildman–Crippen LogP) is 2.43. The molecule has 0 unspecified atom stereocenters. The van der Waals surface area contributed by atoms with Crippen molar-refractivity contribution in [1.29, 1.82) is 0 Å². The molecule has 3 rings (SSSR count). The topological polar surface area (TPSA) is 59.4 Å². The number of carbonyl (C=O) groups is 1. The fourth-order valence-corrected chi connectivity index (χ4v) is 3.40. The summed E-state index contributed by atoms with van der Waals surface area (Å²) in [6, 6.07) is 6.12. The molecule has 0 spiro atoms. The van der Waals surface area contributed by atoms with Crippen molar-refractivity contribution >= 4 is 17.8 Å². The lowest BCUT2D eigenvalue weighted by molar-refractivity contribution is -0.0153. The van der Waals surface area contributed by atoms with Crippen LogP contribution in [0.5, 0.6) is 0 Å². The Bertz CT molecular complexity index is 707. The molecule has 1 N–H and O–H groups in total. The number of carbonyl (C=O) groups excluding carboxylic acids is 1. The molecule has 1 saturated heterocycles. The number of hydrogen-bond acceptors (Lipinski definition) is 4. The molecule has 0 aliphatic carbocycles. The highest BCUT2D eigenvalue weighted by atomic mass is 32.2. The molecule has 0 saturated carbocycles. The third-order valence-corrected chi connectivity index (χ3v) is 5.04. The number of benzene rings is 1. The van der Waals surface area contributed by atoms with Gasteiger partial charge >= 0.3 is 6.03 Å². The van der Waals surface area contributed by atoms with Crippen molar-refractivity contribution < 1.29 is 13.9 Å². The number of amides is 2. The third kappa shape index (κ3) is 4.73. The number of rotatable bonds is 5. The van der Waals surface area contributed by atoms with Crippen LogP contribution in [0.15, 0.2) is 41.8 Å². The number of urea groups is 1. The molecule has 25 heavy (non-hydrogen) atoms. The van der Waals surface area contributed by atoms with Crippen molar-refractivity contribution in [2.24, 2.45) is 7.05 Å². The van der Waals surface area contributed by atoms with Gasteiger partial charge in [0.1, 0.15) is 11.9 Å². The standard InChI is InChI=1S/C17H21FN4O2S/c1-21-8-6-20-17(21)25-11-7-19-16(23)22-9-10-24-15(12-22)13-2-4-14(18)5-3-13/h2-6,8,15H,7,9-12H2,1H3,(H,19,23)/t15-/m1/s1. The first-order valence-corrected chi connectivity index (χ1v) is 9.12. The van der Waals surface area contributed by atoms with Gasteiger partial charge in [-0.25, -0.2) is 14.2 Å². The van der Waals surface area contributed by atoms with Gasteiger partial charge in [-0.05, 0) is 17.7 Å². The van der Waals surface area contributed by atoms with E-state index in [0.717, 1.165) is 16.5 Å². The maximum absolute atomic E-state index is 13.0. The maximum atomic E-state index is 13.0. The minimum atomic E-state index is -0.278. The highest BCUT2D eigenvalue weighted by molar-refractivity contribution is 7.99. The summed E-state index contributed by atoms with van der Waals surface area (Å²) in [5.41, 5.74) is 0.879. The van der Waals surface area contributed by atoms with Gasteiger partial charge in [-0.2, -0.15) is 0 Å². The molecule has 0 bridgehead atoms. The molecule has 8 heteroatoms. The number of nitrogens with zero attached hydrogens (tertiary/aromatic N) is 3. The second-order valence-electron chi connectivity index (χ2n) is 5.76. The Balaban J connectivity index is 1.45. The molecule has 1 atom stereocenters. The zero-order valence-corrected chi connectivity index (χ0v) is 14.8. The molecule has 6 nitrogen and oxygen atoms in total. The summed E-state index contributed by atoms with van der Waals surface area (Å²) in [4.78, 5) is 18.3. The Morgan fingerprint density at radius 1 is 1.44 bits per heavy atom. The highest BCUT2D eigenvalue weighted by Crippen LogP contribution is 2.22. The number of aryl methyl sites for hydroxylation is 1. The molecule has 1 aromatic heterocycles. The summed E-state index contributed by atoms with van der Waals surface area (Å²) in [6.07, 6.45) is 3.43. The number of thioether (sulfide) groups is 1. The molecule has 1 aliphatic rings. The summed E-state index contributed by atoms with van der Waals surface area (Å²) in [5, 5.41) is 3.86. The van der Waals surface area contributed by atoms with Crippen LogP contribution in [-0.2, 0) is 11.8 Å². The molecular weight excluding hydrogens is 343 g/mol. The Hall–Kier alpha value is -2.06. The SMILES string of the molecule is Cn1ccnc1SCCNC(=O)N1CCO[C@@H](c2ccc(F)cc2)C1. The minimum Gasteiger partial charge on any atom is -0.370 e. The zero-order chi connectivity index (χ0) is 17.6. The number of aromatic nitrogens is 2. The van der Waals surface area contributed by atoms with Crippen LogP contribution in [0.3, 0.4) is 0 Å². The Kier molecular flexibility index (Phi) is 5.93. The largest absolute Gasteiger partial charge is 0.370 e. The fraction of sp³-hybridized carbons (Fsp3) is 0.412. The van der Waals surface area contributed by atoms with E-state index in [9.17, 15) is 9.18 Å². The smallest absolute Gasteiger partial charge is 0.317 e. The van der Waals surface area contributed by atoms with Crippen molar-refractivity contribution in [2.45, 2.75) is 11.3 Å². The van der Waals surface area contributed by atoms with Crippen molar-refractivity contribution in [3.05, 3.63) is 48.0 Å². The Labute approximate surface area is 150 Å². The lowest BCUT2D eigenvalue weighted by Gasteiger charge is -2.33. The van der Waals surface area contributed by atoms with E-state index < -0.39 is 0 Å². The van der Waals surface area contributed by atoms with Gasteiger partial charge in [0.05, 0.1) is 13.2 Å². The lowest BCUT2D eigenvalue weighted by atomic mass is 10.1. The quantitative estimate of drug-likeness (QED) is 0.654. The van der Waals surface area contributed by atoms with Crippen LogP contribution in [0.2, 0.25) is 0 Å². The van der Waals surface area contributed by atoms with Crippen LogP contribution in [0.25, 0.3) is 0 Å². The third-order valence-electron chi connectivity index (χ3n) is 3.98. The number of nitrogens with one attached hydrogen (secondary N) is 1. The second-order valence-corrected chi connectivity index (χ2v) is 6.82. The highest BCUT2D eigenvalue weighted by Gasteiger charge is 2.25. The van der Waals surface area contributed by atoms with Crippen LogP contribution in [0, 0.1) is 5.82 Å². The molecule has 2 amide bonds. The summed E-state index contributed by atoms with van der Waals surface area (Å²) in [7, 11) is 1.94. The van der Waals surface area contributed by atoms with Gasteiger partial charge in [-0.3, -0.25) is 0 Å². The molecular formula is C17H21FN4O2S. The van der Waals surface area contributed by atoms with Gasteiger partial charge in [0, 0.05) is 38.3 Å². The van der Waals surface area contributed by atoms with Gasteiger partial charge in [-0.1, -0.05) is 23.9 Å². The van der Waals surface area contributed by atoms with Crippen LogP contribution in [-0.4, -0.2) is 52.5 Å². The Morgan fingerprint density at radius 3 is 2.96 bits per heavy atom. The molecule has 1 aliphatic heterocycles. The van der Waals surface area contributed by atoms with Crippen LogP contribution in [0.1, 0.15) is 11.7 Å². The molecule has 2 heterocycles. The summed E-state index contributed by atoms with van der Waals surface area (Å²) in [6.45, 7) is 2.05. The molecule has 134 valence electrons. The van der Waals surface area contributed by atoms with E-state index in [0.29, 0.717) is 26.2 Å².